The first kappa shape index (κ1) is 19.4. The fraction of sp³-hybridized carbons (Fsp3) is 0.0833. The standard InChI is InChI=1S/C24H19FN2O3/c1-15-5-3-4-6-20(15)26-22-21(16-7-9-17(25)10-8-16)23(28)27(24(22)29)18-11-13-19(30-2)14-12-18/h3-14,26H,1-2H3. The summed E-state index contributed by atoms with van der Waals surface area (Å²) in [6.07, 6.45) is 0. The van der Waals surface area contributed by atoms with E-state index in [9.17, 15) is 14.0 Å². The zero-order valence-electron chi connectivity index (χ0n) is 16.5. The number of carbonyl (C=O) groups is 2. The van der Waals surface area contributed by atoms with Gasteiger partial charge in [-0.1, -0.05) is 30.3 Å². The molecule has 30 heavy (non-hydrogen) atoms. The topological polar surface area (TPSA) is 58.6 Å². The van der Waals surface area contributed by atoms with Gasteiger partial charge < -0.3 is 10.1 Å². The van der Waals surface area contributed by atoms with Crippen LogP contribution in [0.1, 0.15) is 11.1 Å². The molecule has 0 atom stereocenters. The molecular formula is C24H19FN2O3. The van der Waals surface area contributed by atoms with Crippen molar-refractivity contribution in [1.82, 2.24) is 0 Å². The van der Waals surface area contributed by atoms with Gasteiger partial charge in [-0.25, -0.2) is 9.29 Å². The van der Waals surface area contributed by atoms with Gasteiger partial charge >= 0.3 is 0 Å². The van der Waals surface area contributed by atoms with Crippen molar-refractivity contribution in [1.29, 1.82) is 0 Å². The Morgan fingerprint density at radius 3 is 2.17 bits per heavy atom. The number of halogens is 1. The lowest BCUT2D eigenvalue weighted by molar-refractivity contribution is -0.120. The van der Waals surface area contributed by atoms with Crippen molar-refractivity contribution in [3.8, 4) is 5.75 Å². The number of imide groups is 1. The number of anilines is 2. The molecule has 5 nitrogen and oxygen atoms in total. The number of ether oxygens (including phenoxy) is 1. The number of aryl methyl sites for hydroxylation is 1. The third-order valence-corrected chi connectivity index (χ3v) is 4.95. The van der Waals surface area contributed by atoms with Crippen molar-refractivity contribution in [3.05, 3.63) is 95.4 Å². The zero-order valence-corrected chi connectivity index (χ0v) is 16.5. The molecule has 2 amide bonds. The van der Waals surface area contributed by atoms with Gasteiger partial charge in [0.1, 0.15) is 17.3 Å². The summed E-state index contributed by atoms with van der Waals surface area (Å²) in [5, 5.41) is 3.12. The lowest BCUT2D eigenvalue weighted by atomic mass is 10.0. The minimum Gasteiger partial charge on any atom is -0.497 e. The van der Waals surface area contributed by atoms with E-state index in [4.69, 9.17) is 4.74 Å². The Labute approximate surface area is 173 Å². The molecule has 0 saturated heterocycles. The number of methoxy groups -OCH3 is 1. The number of para-hydroxylation sites is 1. The van der Waals surface area contributed by atoms with Crippen molar-refractivity contribution < 1.29 is 18.7 Å². The number of benzene rings is 3. The SMILES string of the molecule is COc1ccc(N2C(=O)C(Nc3ccccc3C)=C(c3ccc(F)cc3)C2=O)cc1. The van der Waals surface area contributed by atoms with E-state index in [1.165, 1.54) is 24.3 Å². The largest absolute Gasteiger partial charge is 0.497 e. The van der Waals surface area contributed by atoms with E-state index in [2.05, 4.69) is 5.32 Å². The molecule has 1 N–H and O–H groups in total. The normalized spacial score (nSPS) is 13.8. The second kappa shape index (κ2) is 7.83. The highest BCUT2D eigenvalue weighted by atomic mass is 19.1. The van der Waals surface area contributed by atoms with Crippen molar-refractivity contribution in [2.75, 3.05) is 17.3 Å². The van der Waals surface area contributed by atoms with E-state index in [0.29, 0.717) is 22.7 Å². The van der Waals surface area contributed by atoms with E-state index >= 15 is 0 Å². The number of hydrogen-bond donors (Lipinski definition) is 1. The molecule has 0 fully saturated rings. The summed E-state index contributed by atoms with van der Waals surface area (Å²) < 4.78 is 18.6. The summed E-state index contributed by atoms with van der Waals surface area (Å²) >= 11 is 0. The average molecular weight is 402 g/mol. The van der Waals surface area contributed by atoms with E-state index < -0.39 is 17.6 Å². The molecule has 0 bridgehead atoms. The second-order valence-electron chi connectivity index (χ2n) is 6.84. The summed E-state index contributed by atoms with van der Waals surface area (Å²) in [5.41, 5.74) is 2.86. The molecule has 0 saturated carbocycles. The van der Waals surface area contributed by atoms with Gasteiger partial charge in [0.05, 0.1) is 18.4 Å². The third-order valence-electron chi connectivity index (χ3n) is 4.95. The van der Waals surface area contributed by atoms with E-state index in [0.717, 1.165) is 10.5 Å². The predicted octanol–water partition coefficient (Wildman–Crippen LogP) is 4.54. The summed E-state index contributed by atoms with van der Waals surface area (Å²) in [6.45, 7) is 1.91. The molecule has 0 spiro atoms. The molecule has 0 aromatic heterocycles. The second-order valence-corrected chi connectivity index (χ2v) is 6.84. The maximum Gasteiger partial charge on any atom is 0.282 e. The quantitative estimate of drug-likeness (QED) is 0.637. The summed E-state index contributed by atoms with van der Waals surface area (Å²) in [4.78, 5) is 27.8. The molecule has 4 rings (SSSR count). The Hall–Kier alpha value is -3.93. The average Bonchev–Trinajstić information content (AvgIpc) is 3.00. The number of nitrogens with one attached hydrogen (secondary N) is 1. The van der Waals surface area contributed by atoms with Gasteiger partial charge in [0.15, 0.2) is 0 Å². The molecule has 1 aliphatic rings. The van der Waals surface area contributed by atoms with Gasteiger partial charge in [-0.2, -0.15) is 0 Å². The van der Waals surface area contributed by atoms with Crippen LogP contribution in [0.4, 0.5) is 15.8 Å². The summed E-state index contributed by atoms with van der Waals surface area (Å²) in [5.74, 6) is -0.764. The van der Waals surface area contributed by atoms with Gasteiger partial charge in [-0.3, -0.25) is 9.59 Å². The first-order valence-corrected chi connectivity index (χ1v) is 9.35. The predicted molar refractivity (Wildman–Crippen MR) is 114 cm³/mol. The highest BCUT2D eigenvalue weighted by Gasteiger charge is 2.40. The van der Waals surface area contributed by atoms with Crippen LogP contribution in [0.5, 0.6) is 5.75 Å². The number of amides is 2. The van der Waals surface area contributed by atoms with Gasteiger partial charge in [-0.05, 0) is 60.5 Å². The third kappa shape index (κ3) is 3.43. The Bertz CT molecular complexity index is 1150. The van der Waals surface area contributed by atoms with E-state index in [1.807, 2.05) is 31.2 Å². The lowest BCUT2D eigenvalue weighted by Crippen LogP contribution is -2.32. The minimum atomic E-state index is -0.479. The van der Waals surface area contributed by atoms with Crippen LogP contribution in [0.2, 0.25) is 0 Å². The molecule has 0 radical (unpaired) electrons. The Morgan fingerprint density at radius 1 is 0.867 bits per heavy atom. The van der Waals surface area contributed by atoms with Crippen LogP contribution in [0.15, 0.2) is 78.5 Å². The Balaban J connectivity index is 1.81. The first-order chi connectivity index (χ1) is 14.5. The number of rotatable bonds is 5. The van der Waals surface area contributed by atoms with Gasteiger partial charge in [0.25, 0.3) is 11.8 Å². The molecule has 0 aliphatic carbocycles. The molecule has 150 valence electrons. The van der Waals surface area contributed by atoms with Crippen LogP contribution in [0.25, 0.3) is 5.57 Å². The van der Waals surface area contributed by atoms with Crippen molar-refractivity contribution >= 4 is 28.8 Å². The molecule has 0 unspecified atom stereocenters. The molecular weight excluding hydrogens is 383 g/mol. The zero-order chi connectivity index (χ0) is 21.3. The molecule has 3 aromatic rings. The molecule has 1 aliphatic heterocycles. The van der Waals surface area contributed by atoms with Crippen molar-refractivity contribution in [3.63, 3.8) is 0 Å². The van der Waals surface area contributed by atoms with Gasteiger partial charge in [0.2, 0.25) is 0 Å². The first-order valence-electron chi connectivity index (χ1n) is 9.35. The van der Waals surface area contributed by atoms with Gasteiger partial charge in [0, 0.05) is 5.69 Å². The fourth-order valence-electron chi connectivity index (χ4n) is 3.34. The smallest absolute Gasteiger partial charge is 0.282 e. The molecule has 6 heteroatoms. The van der Waals surface area contributed by atoms with E-state index in [1.54, 1.807) is 31.4 Å². The number of carbonyl (C=O) groups excluding carboxylic acids is 2. The summed E-state index contributed by atoms with van der Waals surface area (Å²) in [6, 6.07) is 19.6. The maximum atomic E-state index is 13.5. The van der Waals surface area contributed by atoms with Crippen LogP contribution < -0.4 is 15.0 Å². The van der Waals surface area contributed by atoms with Crippen molar-refractivity contribution in [2.24, 2.45) is 0 Å². The van der Waals surface area contributed by atoms with Crippen LogP contribution in [-0.2, 0) is 9.59 Å². The Kier molecular flexibility index (Phi) is 5.06. The van der Waals surface area contributed by atoms with Gasteiger partial charge in [-0.15, -0.1) is 0 Å². The van der Waals surface area contributed by atoms with Crippen LogP contribution in [0, 0.1) is 12.7 Å². The van der Waals surface area contributed by atoms with E-state index in [-0.39, 0.29) is 11.3 Å². The Morgan fingerprint density at radius 2 is 1.53 bits per heavy atom. The highest BCUT2D eigenvalue weighted by Crippen LogP contribution is 2.34. The minimum absolute atomic E-state index is 0.150. The highest BCUT2D eigenvalue weighted by molar-refractivity contribution is 6.46. The van der Waals surface area contributed by atoms with Crippen LogP contribution in [-0.4, -0.2) is 18.9 Å². The van der Waals surface area contributed by atoms with Crippen LogP contribution in [0.3, 0.4) is 0 Å². The molecule has 3 aromatic carbocycles. The van der Waals surface area contributed by atoms with Crippen molar-refractivity contribution in [2.45, 2.75) is 6.92 Å². The molecule has 1 heterocycles. The lowest BCUT2D eigenvalue weighted by Gasteiger charge is -2.16. The fourth-order valence-corrected chi connectivity index (χ4v) is 3.34. The number of nitrogens with zero attached hydrogens (tertiary/aromatic N) is 1. The number of hydrogen-bond acceptors (Lipinski definition) is 4. The monoisotopic (exact) mass is 402 g/mol. The summed E-state index contributed by atoms with van der Waals surface area (Å²) in [7, 11) is 1.54. The van der Waals surface area contributed by atoms with Crippen LogP contribution >= 0.6 is 0 Å². The maximum absolute atomic E-state index is 13.5.